The summed E-state index contributed by atoms with van der Waals surface area (Å²) in [5.74, 6) is -1.09. The van der Waals surface area contributed by atoms with Crippen molar-refractivity contribution in [3.05, 3.63) is 17.5 Å². The van der Waals surface area contributed by atoms with E-state index >= 15 is 0 Å². The van der Waals surface area contributed by atoms with Crippen molar-refractivity contribution in [2.45, 2.75) is 25.8 Å². The lowest BCUT2D eigenvalue weighted by Gasteiger charge is -2.23. The van der Waals surface area contributed by atoms with Crippen LogP contribution in [0.15, 0.2) is 6.07 Å². The molecule has 1 aliphatic heterocycles. The average molecular weight is 266 g/mol. The number of aromatic nitrogens is 1. The Morgan fingerprint density at radius 2 is 2.05 bits per heavy atom. The highest BCUT2D eigenvalue weighted by Crippen LogP contribution is 2.16. The van der Waals surface area contributed by atoms with Crippen molar-refractivity contribution in [3.63, 3.8) is 0 Å². The van der Waals surface area contributed by atoms with Crippen LogP contribution in [0.4, 0.5) is 10.5 Å². The normalized spacial score (nSPS) is 16.1. The molecule has 0 radical (unpaired) electrons. The van der Waals surface area contributed by atoms with Gasteiger partial charge in [0, 0.05) is 11.7 Å². The second-order valence-electron chi connectivity index (χ2n) is 4.67. The summed E-state index contributed by atoms with van der Waals surface area (Å²) in [5.41, 5.74) is 0.976. The number of aryl methyl sites for hydroxylation is 1. The lowest BCUT2D eigenvalue weighted by Crippen LogP contribution is -2.44. The van der Waals surface area contributed by atoms with E-state index in [9.17, 15) is 9.59 Å². The average Bonchev–Trinajstić information content (AvgIpc) is 2.71. The van der Waals surface area contributed by atoms with Gasteiger partial charge in [-0.1, -0.05) is 0 Å². The molecule has 0 aliphatic carbocycles. The van der Waals surface area contributed by atoms with Crippen LogP contribution in [0.5, 0.6) is 0 Å². The Balaban J connectivity index is 1.96. The van der Waals surface area contributed by atoms with E-state index in [1.165, 1.54) is 0 Å². The van der Waals surface area contributed by atoms with Gasteiger partial charge < -0.3 is 26.0 Å². The minimum atomic E-state index is -1.09. The van der Waals surface area contributed by atoms with E-state index in [1.807, 2.05) is 0 Å². The second kappa shape index (κ2) is 5.75. The van der Waals surface area contributed by atoms with E-state index in [4.69, 9.17) is 5.11 Å². The van der Waals surface area contributed by atoms with Gasteiger partial charge in [-0.05, 0) is 38.9 Å². The maximum absolute atomic E-state index is 11.8. The molecule has 2 rings (SSSR count). The molecule has 0 saturated carbocycles. The molecule has 7 nitrogen and oxygen atoms in total. The molecule has 1 fully saturated rings. The summed E-state index contributed by atoms with van der Waals surface area (Å²) >= 11 is 0. The summed E-state index contributed by atoms with van der Waals surface area (Å²) in [6, 6.07) is 1.37. The zero-order valence-electron chi connectivity index (χ0n) is 10.7. The Labute approximate surface area is 110 Å². The topological polar surface area (TPSA) is 106 Å². The number of nitrogens with one attached hydrogen (secondary N) is 4. The van der Waals surface area contributed by atoms with Crippen LogP contribution in [0.3, 0.4) is 0 Å². The summed E-state index contributed by atoms with van der Waals surface area (Å²) in [4.78, 5) is 25.5. The lowest BCUT2D eigenvalue weighted by atomic mass is 10.1. The number of aromatic amines is 1. The highest BCUT2D eigenvalue weighted by Gasteiger charge is 2.18. The van der Waals surface area contributed by atoms with Gasteiger partial charge in [0.25, 0.3) is 0 Å². The number of carbonyl (C=O) groups is 2. The van der Waals surface area contributed by atoms with Crippen molar-refractivity contribution < 1.29 is 14.7 Å². The Bertz CT molecular complexity index is 477. The Hall–Kier alpha value is -2.02. The van der Waals surface area contributed by atoms with Crippen molar-refractivity contribution in [1.29, 1.82) is 0 Å². The molecule has 1 aromatic rings. The minimum absolute atomic E-state index is 0.00189. The molecule has 1 aliphatic rings. The molecule has 0 bridgehead atoms. The fourth-order valence-corrected chi connectivity index (χ4v) is 2.17. The van der Waals surface area contributed by atoms with E-state index in [1.54, 1.807) is 13.0 Å². The molecule has 2 amide bonds. The van der Waals surface area contributed by atoms with E-state index in [-0.39, 0.29) is 23.5 Å². The van der Waals surface area contributed by atoms with Crippen molar-refractivity contribution in [2.75, 3.05) is 18.4 Å². The minimum Gasteiger partial charge on any atom is -0.477 e. The molecule has 1 aromatic heterocycles. The first-order valence-corrected chi connectivity index (χ1v) is 6.27. The Morgan fingerprint density at radius 3 is 2.68 bits per heavy atom. The summed E-state index contributed by atoms with van der Waals surface area (Å²) in [6.45, 7) is 3.51. The molecule has 19 heavy (non-hydrogen) atoms. The van der Waals surface area contributed by atoms with Crippen LogP contribution in [0, 0.1) is 6.92 Å². The fourth-order valence-electron chi connectivity index (χ4n) is 2.17. The molecule has 5 N–H and O–H groups in total. The van der Waals surface area contributed by atoms with Gasteiger partial charge in [0.1, 0.15) is 5.69 Å². The number of rotatable bonds is 3. The number of piperidine rings is 1. The van der Waals surface area contributed by atoms with Crippen molar-refractivity contribution in [1.82, 2.24) is 15.6 Å². The Morgan fingerprint density at radius 1 is 1.37 bits per heavy atom. The van der Waals surface area contributed by atoms with E-state index in [2.05, 4.69) is 20.9 Å². The first-order valence-electron chi connectivity index (χ1n) is 6.27. The van der Waals surface area contributed by atoms with Crippen molar-refractivity contribution in [3.8, 4) is 0 Å². The standard InChI is InChI=1S/C12H18N4O3/c1-7-6-9(10(14-7)11(17)18)16-12(19)15-8-2-4-13-5-3-8/h6,8,13-14H,2-5H2,1H3,(H,17,18)(H2,15,16,19). The molecule has 0 spiro atoms. The number of anilines is 1. The molecule has 0 unspecified atom stereocenters. The van der Waals surface area contributed by atoms with Gasteiger partial charge in [-0.25, -0.2) is 9.59 Å². The monoisotopic (exact) mass is 266 g/mol. The quantitative estimate of drug-likeness (QED) is 0.560. The molecule has 7 heteroatoms. The largest absolute Gasteiger partial charge is 0.477 e. The van der Waals surface area contributed by atoms with Gasteiger partial charge in [-0.15, -0.1) is 0 Å². The zero-order valence-corrected chi connectivity index (χ0v) is 10.7. The molecule has 0 aromatic carbocycles. The van der Waals surface area contributed by atoms with E-state index < -0.39 is 5.97 Å². The number of aromatic carboxylic acids is 1. The number of H-pyrrole nitrogens is 1. The molecule has 0 atom stereocenters. The molecule has 1 saturated heterocycles. The molecule has 2 heterocycles. The van der Waals surface area contributed by atoms with E-state index in [0.29, 0.717) is 5.69 Å². The lowest BCUT2D eigenvalue weighted by molar-refractivity contribution is 0.0692. The maximum Gasteiger partial charge on any atom is 0.354 e. The van der Waals surface area contributed by atoms with Crippen LogP contribution >= 0.6 is 0 Å². The maximum atomic E-state index is 11.8. The van der Waals surface area contributed by atoms with Gasteiger partial charge in [-0.2, -0.15) is 0 Å². The van der Waals surface area contributed by atoms with Gasteiger partial charge in [0.2, 0.25) is 0 Å². The first kappa shape index (κ1) is 13.4. The van der Waals surface area contributed by atoms with Crippen LogP contribution in [-0.2, 0) is 0 Å². The summed E-state index contributed by atoms with van der Waals surface area (Å²) in [7, 11) is 0. The number of carbonyl (C=O) groups excluding carboxylic acids is 1. The summed E-state index contributed by atoms with van der Waals surface area (Å²) in [6.07, 6.45) is 1.76. The zero-order chi connectivity index (χ0) is 13.8. The van der Waals surface area contributed by atoms with Crippen molar-refractivity contribution >= 4 is 17.7 Å². The number of carboxylic acids is 1. The smallest absolute Gasteiger partial charge is 0.354 e. The van der Waals surface area contributed by atoms with Crippen molar-refractivity contribution in [2.24, 2.45) is 0 Å². The number of amides is 2. The summed E-state index contributed by atoms with van der Waals surface area (Å²) < 4.78 is 0. The third-order valence-electron chi connectivity index (χ3n) is 3.09. The molecular weight excluding hydrogens is 248 g/mol. The predicted octanol–water partition coefficient (Wildman–Crippen LogP) is 0.895. The summed E-state index contributed by atoms with van der Waals surface area (Å²) in [5, 5.41) is 17.6. The van der Waals surface area contributed by atoms with Crippen LogP contribution in [-0.4, -0.2) is 41.2 Å². The van der Waals surface area contributed by atoms with Gasteiger partial charge >= 0.3 is 12.0 Å². The fraction of sp³-hybridized carbons (Fsp3) is 0.500. The van der Waals surface area contributed by atoms with Gasteiger partial charge in [0.15, 0.2) is 0 Å². The number of hydrogen-bond acceptors (Lipinski definition) is 3. The van der Waals surface area contributed by atoms with Crippen LogP contribution in [0.25, 0.3) is 0 Å². The SMILES string of the molecule is Cc1cc(NC(=O)NC2CCNCC2)c(C(=O)O)[nH]1. The second-order valence-corrected chi connectivity index (χ2v) is 4.67. The predicted molar refractivity (Wildman–Crippen MR) is 70.5 cm³/mol. The number of urea groups is 1. The molecule has 104 valence electrons. The van der Waals surface area contributed by atoms with Gasteiger partial charge in [-0.3, -0.25) is 0 Å². The highest BCUT2D eigenvalue weighted by atomic mass is 16.4. The molecular formula is C12H18N4O3. The third kappa shape index (κ3) is 3.47. The Kier molecular flexibility index (Phi) is 4.06. The van der Waals surface area contributed by atoms with Crippen LogP contribution in [0.1, 0.15) is 29.0 Å². The van der Waals surface area contributed by atoms with E-state index in [0.717, 1.165) is 25.9 Å². The van der Waals surface area contributed by atoms with Gasteiger partial charge in [0.05, 0.1) is 5.69 Å². The first-order chi connectivity index (χ1) is 9.06. The highest BCUT2D eigenvalue weighted by molar-refractivity contribution is 5.99. The number of hydrogen-bond donors (Lipinski definition) is 5. The third-order valence-corrected chi connectivity index (χ3v) is 3.09. The number of carboxylic acid groups (broad SMARTS) is 1. The van der Waals surface area contributed by atoms with Crippen LogP contribution in [0.2, 0.25) is 0 Å². The van der Waals surface area contributed by atoms with Crippen LogP contribution < -0.4 is 16.0 Å².